The van der Waals surface area contributed by atoms with Crippen molar-refractivity contribution in [3.8, 4) is 0 Å². The summed E-state index contributed by atoms with van der Waals surface area (Å²) in [4.78, 5) is 4.60. The molecule has 5 nitrogen and oxygen atoms in total. The first-order valence-electron chi connectivity index (χ1n) is 8.37. The van der Waals surface area contributed by atoms with Crippen LogP contribution in [0.25, 0.3) is 10.9 Å². The molecule has 0 unspecified atom stereocenters. The molecule has 1 heterocycles. The zero-order valence-corrected chi connectivity index (χ0v) is 16.2. The van der Waals surface area contributed by atoms with Gasteiger partial charge in [0.15, 0.2) is 0 Å². The van der Waals surface area contributed by atoms with Crippen molar-refractivity contribution in [2.75, 3.05) is 18.4 Å². The summed E-state index contributed by atoms with van der Waals surface area (Å²) in [5, 5.41) is 4.80. The van der Waals surface area contributed by atoms with Crippen molar-refractivity contribution in [2.24, 2.45) is 0 Å². The van der Waals surface area contributed by atoms with Crippen LogP contribution < -0.4 is 5.32 Å². The third-order valence-electron chi connectivity index (χ3n) is 4.20. The van der Waals surface area contributed by atoms with Gasteiger partial charge in [0.2, 0.25) is 10.0 Å². The Kier molecular flexibility index (Phi) is 5.46. The van der Waals surface area contributed by atoms with Crippen molar-refractivity contribution in [2.45, 2.75) is 18.7 Å². The van der Waals surface area contributed by atoms with Crippen LogP contribution in [0.4, 0.5) is 11.4 Å². The second kappa shape index (κ2) is 7.61. The summed E-state index contributed by atoms with van der Waals surface area (Å²) in [7, 11) is -3.45. The molecule has 0 aliphatic rings. The lowest BCUT2D eigenvalue weighted by Crippen LogP contribution is -2.30. The van der Waals surface area contributed by atoms with Gasteiger partial charge in [-0.15, -0.1) is 0 Å². The van der Waals surface area contributed by atoms with Crippen LogP contribution in [0, 0.1) is 0 Å². The van der Waals surface area contributed by atoms with Crippen LogP contribution in [0.1, 0.15) is 13.8 Å². The predicted octanol–water partition coefficient (Wildman–Crippen LogP) is 4.66. The highest BCUT2D eigenvalue weighted by Gasteiger charge is 2.21. The molecular weight excluding hydrogens is 370 g/mol. The fraction of sp³-hybridized carbons (Fsp3) is 0.211. The Morgan fingerprint density at radius 3 is 2.38 bits per heavy atom. The van der Waals surface area contributed by atoms with Crippen LogP contribution in [-0.2, 0) is 10.0 Å². The molecule has 26 heavy (non-hydrogen) atoms. The third kappa shape index (κ3) is 3.53. The molecule has 136 valence electrons. The Morgan fingerprint density at radius 1 is 1.04 bits per heavy atom. The van der Waals surface area contributed by atoms with Gasteiger partial charge in [-0.2, -0.15) is 4.31 Å². The fourth-order valence-electron chi connectivity index (χ4n) is 2.83. The van der Waals surface area contributed by atoms with Crippen LogP contribution in [0.3, 0.4) is 0 Å². The van der Waals surface area contributed by atoms with E-state index in [9.17, 15) is 8.42 Å². The van der Waals surface area contributed by atoms with Gasteiger partial charge in [0.05, 0.1) is 15.4 Å². The van der Waals surface area contributed by atoms with E-state index in [1.807, 2.05) is 32.0 Å². The first-order chi connectivity index (χ1) is 12.5. The third-order valence-corrected chi connectivity index (χ3v) is 6.57. The monoisotopic (exact) mass is 389 g/mol. The Bertz CT molecular complexity index is 1020. The number of anilines is 2. The van der Waals surface area contributed by atoms with E-state index in [2.05, 4.69) is 10.3 Å². The van der Waals surface area contributed by atoms with E-state index < -0.39 is 10.0 Å². The molecule has 0 spiro atoms. The van der Waals surface area contributed by atoms with E-state index in [1.165, 1.54) is 4.31 Å². The minimum absolute atomic E-state index is 0.286. The predicted molar refractivity (Wildman–Crippen MR) is 107 cm³/mol. The van der Waals surface area contributed by atoms with E-state index in [-0.39, 0.29) is 4.90 Å². The Balaban J connectivity index is 1.90. The lowest BCUT2D eigenvalue weighted by Gasteiger charge is -2.18. The van der Waals surface area contributed by atoms with Gasteiger partial charge in [-0.05, 0) is 36.4 Å². The summed E-state index contributed by atoms with van der Waals surface area (Å²) in [6.07, 6.45) is 1.69. The van der Waals surface area contributed by atoms with Crippen molar-refractivity contribution < 1.29 is 8.42 Å². The molecule has 0 saturated heterocycles. The van der Waals surface area contributed by atoms with Gasteiger partial charge in [0.1, 0.15) is 0 Å². The largest absolute Gasteiger partial charge is 0.355 e. The maximum atomic E-state index is 12.6. The average Bonchev–Trinajstić information content (AvgIpc) is 2.64. The second-order valence-electron chi connectivity index (χ2n) is 5.73. The summed E-state index contributed by atoms with van der Waals surface area (Å²) in [6, 6.07) is 14.2. The molecule has 2 aromatic carbocycles. The number of sulfonamides is 1. The van der Waals surface area contributed by atoms with Gasteiger partial charge >= 0.3 is 0 Å². The standard InChI is InChI=1S/C19H20ClN3O2S/c1-3-23(4-2)26(24,25)15-10-8-14(9-11-15)22-18-12-13-21-19-16(18)6-5-7-17(19)20/h5-13H,3-4H2,1-2H3,(H,21,22). The molecule has 0 saturated carbocycles. The van der Waals surface area contributed by atoms with E-state index >= 15 is 0 Å². The van der Waals surface area contributed by atoms with Gasteiger partial charge in [-0.1, -0.05) is 37.6 Å². The topological polar surface area (TPSA) is 62.3 Å². The zero-order valence-electron chi connectivity index (χ0n) is 14.6. The number of aromatic nitrogens is 1. The highest BCUT2D eigenvalue weighted by Crippen LogP contribution is 2.29. The summed E-state index contributed by atoms with van der Waals surface area (Å²) < 4.78 is 26.6. The zero-order chi connectivity index (χ0) is 18.7. The Hall–Kier alpha value is -2.15. The highest BCUT2D eigenvalue weighted by atomic mass is 35.5. The first-order valence-corrected chi connectivity index (χ1v) is 10.2. The van der Waals surface area contributed by atoms with E-state index in [0.29, 0.717) is 18.1 Å². The molecule has 1 N–H and O–H groups in total. The van der Waals surface area contributed by atoms with Crippen LogP contribution in [-0.4, -0.2) is 30.8 Å². The summed E-state index contributed by atoms with van der Waals surface area (Å²) in [5.74, 6) is 0. The molecule has 7 heteroatoms. The first kappa shape index (κ1) is 18.6. The minimum Gasteiger partial charge on any atom is -0.355 e. The van der Waals surface area contributed by atoms with E-state index in [0.717, 1.165) is 22.3 Å². The number of benzene rings is 2. The van der Waals surface area contributed by atoms with Gasteiger partial charge < -0.3 is 5.32 Å². The van der Waals surface area contributed by atoms with Crippen molar-refractivity contribution in [1.82, 2.24) is 9.29 Å². The molecule has 0 fully saturated rings. The second-order valence-corrected chi connectivity index (χ2v) is 8.08. The molecule has 0 amide bonds. The van der Waals surface area contributed by atoms with Gasteiger partial charge in [0, 0.05) is 36.0 Å². The quantitative estimate of drug-likeness (QED) is 0.665. The highest BCUT2D eigenvalue weighted by molar-refractivity contribution is 7.89. The normalized spacial score (nSPS) is 11.8. The van der Waals surface area contributed by atoms with Crippen LogP contribution in [0.5, 0.6) is 0 Å². The SMILES string of the molecule is CCN(CC)S(=O)(=O)c1ccc(Nc2ccnc3c(Cl)cccc23)cc1. The maximum Gasteiger partial charge on any atom is 0.243 e. The van der Waals surface area contributed by atoms with Crippen LogP contribution >= 0.6 is 11.6 Å². The lowest BCUT2D eigenvalue weighted by atomic mass is 10.2. The summed E-state index contributed by atoms with van der Waals surface area (Å²) >= 11 is 6.20. The van der Waals surface area contributed by atoms with E-state index in [1.54, 1.807) is 36.5 Å². The number of rotatable bonds is 6. The average molecular weight is 390 g/mol. The van der Waals surface area contributed by atoms with Crippen molar-refractivity contribution in [3.63, 3.8) is 0 Å². The molecule has 0 aliphatic heterocycles. The molecular formula is C19H20ClN3O2S. The van der Waals surface area contributed by atoms with Crippen molar-refractivity contribution in [1.29, 1.82) is 0 Å². The maximum absolute atomic E-state index is 12.6. The lowest BCUT2D eigenvalue weighted by molar-refractivity contribution is 0.445. The Morgan fingerprint density at radius 2 is 1.73 bits per heavy atom. The molecule has 3 aromatic rings. The van der Waals surface area contributed by atoms with Gasteiger partial charge in [-0.3, -0.25) is 4.98 Å². The van der Waals surface area contributed by atoms with Crippen molar-refractivity contribution in [3.05, 3.63) is 59.8 Å². The molecule has 3 rings (SSSR count). The van der Waals surface area contributed by atoms with Crippen LogP contribution in [0.15, 0.2) is 59.6 Å². The fourth-order valence-corrected chi connectivity index (χ4v) is 4.51. The minimum atomic E-state index is -3.45. The molecule has 0 radical (unpaired) electrons. The number of para-hydroxylation sites is 1. The van der Waals surface area contributed by atoms with Gasteiger partial charge in [-0.25, -0.2) is 8.42 Å². The van der Waals surface area contributed by atoms with Crippen molar-refractivity contribution >= 4 is 43.9 Å². The van der Waals surface area contributed by atoms with Gasteiger partial charge in [0.25, 0.3) is 0 Å². The number of nitrogens with zero attached hydrogens (tertiary/aromatic N) is 2. The number of hydrogen-bond donors (Lipinski definition) is 1. The number of pyridine rings is 1. The molecule has 0 aliphatic carbocycles. The molecule has 0 bridgehead atoms. The summed E-state index contributed by atoms with van der Waals surface area (Å²) in [5.41, 5.74) is 2.37. The molecule has 1 aromatic heterocycles. The smallest absolute Gasteiger partial charge is 0.243 e. The number of fused-ring (bicyclic) bond motifs is 1. The summed E-state index contributed by atoms with van der Waals surface area (Å²) in [6.45, 7) is 4.55. The molecule has 0 atom stereocenters. The van der Waals surface area contributed by atoms with Crippen LogP contribution in [0.2, 0.25) is 5.02 Å². The number of nitrogens with one attached hydrogen (secondary N) is 1. The van der Waals surface area contributed by atoms with E-state index in [4.69, 9.17) is 11.6 Å². The number of hydrogen-bond acceptors (Lipinski definition) is 4. The Labute approximate surface area is 158 Å². The number of halogens is 1.